The van der Waals surface area contributed by atoms with Gasteiger partial charge in [-0.1, -0.05) is 24.3 Å². The molecule has 0 unspecified atom stereocenters. The Morgan fingerprint density at radius 1 is 1.10 bits per heavy atom. The highest BCUT2D eigenvalue weighted by Gasteiger charge is 2.30. The topological polar surface area (TPSA) is 21.3 Å². The van der Waals surface area contributed by atoms with Gasteiger partial charge in [-0.25, -0.2) is 0 Å². The summed E-state index contributed by atoms with van der Waals surface area (Å²) in [6.07, 6.45) is -3.39. The Morgan fingerprint density at radius 3 is 2.71 bits per heavy atom. The predicted octanol–water partition coefficient (Wildman–Crippen LogP) is 4.25. The van der Waals surface area contributed by atoms with Gasteiger partial charge in [0, 0.05) is 17.8 Å². The minimum absolute atomic E-state index is 0.223. The van der Waals surface area contributed by atoms with E-state index in [4.69, 9.17) is 4.74 Å². The molecule has 110 valence electrons. The van der Waals surface area contributed by atoms with E-state index in [1.54, 1.807) is 0 Å². The number of hydrogen-bond acceptors (Lipinski definition) is 2. The Kier molecular flexibility index (Phi) is 3.49. The van der Waals surface area contributed by atoms with E-state index in [9.17, 15) is 13.2 Å². The lowest BCUT2D eigenvalue weighted by molar-refractivity contribution is -0.137. The van der Waals surface area contributed by atoms with Crippen molar-refractivity contribution in [2.75, 3.05) is 11.9 Å². The van der Waals surface area contributed by atoms with Crippen LogP contribution >= 0.6 is 0 Å². The van der Waals surface area contributed by atoms with Gasteiger partial charge in [0.05, 0.1) is 5.56 Å². The summed E-state index contributed by atoms with van der Waals surface area (Å²) in [4.78, 5) is 0. The molecule has 0 bridgehead atoms. The molecule has 2 nitrogen and oxygen atoms in total. The van der Waals surface area contributed by atoms with Crippen LogP contribution in [0.15, 0.2) is 42.5 Å². The van der Waals surface area contributed by atoms with Crippen molar-refractivity contribution >= 4 is 5.69 Å². The average molecular weight is 293 g/mol. The van der Waals surface area contributed by atoms with Gasteiger partial charge in [0.25, 0.3) is 0 Å². The maximum Gasteiger partial charge on any atom is 0.416 e. The fourth-order valence-corrected chi connectivity index (χ4v) is 2.45. The second-order valence-corrected chi connectivity index (χ2v) is 4.94. The summed E-state index contributed by atoms with van der Waals surface area (Å²) in [7, 11) is 0. The van der Waals surface area contributed by atoms with E-state index >= 15 is 0 Å². The van der Waals surface area contributed by atoms with Crippen LogP contribution < -0.4 is 10.1 Å². The van der Waals surface area contributed by atoms with Crippen molar-refractivity contribution in [2.45, 2.75) is 19.2 Å². The molecular formula is C16H14F3NO. The van der Waals surface area contributed by atoms with Crippen LogP contribution in [0.25, 0.3) is 0 Å². The molecule has 0 radical (unpaired) electrons. The Morgan fingerprint density at radius 2 is 1.90 bits per heavy atom. The summed E-state index contributed by atoms with van der Waals surface area (Å²) in [6, 6.07) is 10.9. The molecule has 1 aliphatic rings. The minimum atomic E-state index is -4.35. The highest BCUT2D eigenvalue weighted by Crippen LogP contribution is 2.32. The van der Waals surface area contributed by atoms with Crippen molar-refractivity contribution < 1.29 is 17.9 Å². The van der Waals surface area contributed by atoms with E-state index in [0.717, 1.165) is 36.3 Å². The highest BCUT2D eigenvalue weighted by atomic mass is 19.4. The van der Waals surface area contributed by atoms with E-state index in [0.29, 0.717) is 0 Å². The number of alkyl halides is 3. The fraction of sp³-hybridized carbons (Fsp3) is 0.250. The van der Waals surface area contributed by atoms with Crippen molar-refractivity contribution in [2.24, 2.45) is 0 Å². The zero-order valence-corrected chi connectivity index (χ0v) is 11.2. The third-order valence-electron chi connectivity index (χ3n) is 3.49. The molecule has 0 aliphatic carbocycles. The zero-order valence-electron chi connectivity index (χ0n) is 11.2. The predicted molar refractivity (Wildman–Crippen MR) is 74.4 cm³/mol. The van der Waals surface area contributed by atoms with E-state index in [1.165, 1.54) is 17.7 Å². The maximum absolute atomic E-state index is 12.6. The number of para-hydroxylation sites is 1. The number of halogens is 3. The van der Waals surface area contributed by atoms with Crippen LogP contribution in [0.3, 0.4) is 0 Å². The first-order valence-corrected chi connectivity index (χ1v) is 6.69. The lowest BCUT2D eigenvalue weighted by Crippen LogP contribution is -2.05. The van der Waals surface area contributed by atoms with E-state index < -0.39 is 11.7 Å². The van der Waals surface area contributed by atoms with Gasteiger partial charge in [0.15, 0.2) is 0 Å². The number of nitrogens with one attached hydrogen (secondary N) is 1. The van der Waals surface area contributed by atoms with Gasteiger partial charge < -0.3 is 10.1 Å². The monoisotopic (exact) mass is 293 g/mol. The molecule has 0 aromatic heterocycles. The summed E-state index contributed by atoms with van der Waals surface area (Å²) in [6.45, 7) is 1.13. The third-order valence-corrected chi connectivity index (χ3v) is 3.49. The Bertz CT molecular complexity index is 652. The second kappa shape index (κ2) is 5.31. The van der Waals surface area contributed by atoms with Crippen molar-refractivity contribution in [1.82, 2.24) is 0 Å². The molecule has 3 rings (SSSR count). The van der Waals surface area contributed by atoms with Gasteiger partial charge in [0.1, 0.15) is 12.4 Å². The maximum atomic E-state index is 12.6. The number of fused-ring (bicyclic) bond motifs is 1. The van der Waals surface area contributed by atoms with Gasteiger partial charge in [-0.3, -0.25) is 0 Å². The average Bonchev–Trinajstić information content (AvgIpc) is 2.93. The number of benzene rings is 2. The Labute approximate surface area is 120 Å². The molecule has 2 aromatic carbocycles. The SMILES string of the molecule is FC(F)(F)c1cccc(OCc2cccc3c2NCC3)c1. The quantitative estimate of drug-likeness (QED) is 0.913. The summed E-state index contributed by atoms with van der Waals surface area (Å²) in [5, 5.41) is 3.28. The number of anilines is 1. The molecule has 5 heteroatoms. The second-order valence-electron chi connectivity index (χ2n) is 4.94. The molecule has 0 saturated heterocycles. The smallest absolute Gasteiger partial charge is 0.416 e. The van der Waals surface area contributed by atoms with Crippen molar-refractivity contribution in [3.05, 3.63) is 59.2 Å². The van der Waals surface area contributed by atoms with Crippen molar-refractivity contribution in [3.8, 4) is 5.75 Å². The van der Waals surface area contributed by atoms with Crippen LogP contribution in [-0.2, 0) is 19.2 Å². The van der Waals surface area contributed by atoms with Crippen LogP contribution in [0.1, 0.15) is 16.7 Å². The summed E-state index contributed by atoms with van der Waals surface area (Å²) < 4.78 is 43.4. The number of hydrogen-bond donors (Lipinski definition) is 1. The Hall–Kier alpha value is -2.17. The molecule has 1 N–H and O–H groups in total. The molecule has 0 spiro atoms. The molecule has 0 fully saturated rings. The van der Waals surface area contributed by atoms with Crippen LogP contribution in [0.4, 0.5) is 18.9 Å². The molecule has 1 aliphatic heterocycles. The van der Waals surface area contributed by atoms with E-state index in [2.05, 4.69) is 5.32 Å². The van der Waals surface area contributed by atoms with Crippen molar-refractivity contribution in [3.63, 3.8) is 0 Å². The van der Waals surface area contributed by atoms with Gasteiger partial charge in [-0.15, -0.1) is 0 Å². The summed E-state index contributed by atoms with van der Waals surface area (Å²) in [5.41, 5.74) is 2.53. The molecule has 1 heterocycles. The molecule has 2 aromatic rings. The molecule has 0 atom stereocenters. The van der Waals surface area contributed by atoms with Gasteiger partial charge in [-0.05, 0) is 30.2 Å². The lowest BCUT2D eigenvalue weighted by Gasteiger charge is -2.12. The van der Waals surface area contributed by atoms with Crippen LogP contribution in [0.5, 0.6) is 5.75 Å². The van der Waals surface area contributed by atoms with Crippen molar-refractivity contribution in [1.29, 1.82) is 0 Å². The van der Waals surface area contributed by atoms with E-state index in [-0.39, 0.29) is 12.4 Å². The normalized spacial score (nSPS) is 13.7. The first-order valence-electron chi connectivity index (χ1n) is 6.69. The van der Waals surface area contributed by atoms with Crippen LogP contribution in [-0.4, -0.2) is 6.54 Å². The third kappa shape index (κ3) is 2.96. The molecule has 0 amide bonds. The highest BCUT2D eigenvalue weighted by molar-refractivity contribution is 5.61. The molecular weight excluding hydrogens is 279 g/mol. The zero-order chi connectivity index (χ0) is 14.9. The first kappa shape index (κ1) is 13.8. The largest absolute Gasteiger partial charge is 0.489 e. The standard InChI is InChI=1S/C16H14F3NO/c17-16(18,19)13-5-2-6-14(9-13)21-10-12-4-1-3-11-7-8-20-15(11)12/h1-6,9,20H,7-8,10H2. The Balaban J connectivity index is 1.76. The van der Waals surface area contributed by atoms with Gasteiger partial charge in [0.2, 0.25) is 0 Å². The number of ether oxygens (including phenoxy) is 1. The van der Waals surface area contributed by atoms with Crippen LogP contribution in [0.2, 0.25) is 0 Å². The van der Waals surface area contributed by atoms with Crippen LogP contribution in [0, 0.1) is 0 Å². The van der Waals surface area contributed by atoms with Gasteiger partial charge >= 0.3 is 6.18 Å². The summed E-state index contributed by atoms with van der Waals surface area (Å²) >= 11 is 0. The van der Waals surface area contributed by atoms with E-state index in [1.807, 2.05) is 18.2 Å². The van der Waals surface area contributed by atoms with Gasteiger partial charge in [-0.2, -0.15) is 13.2 Å². The minimum Gasteiger partial charge on any atom is -0.489 e. The fourth-order valence-electron chi connectivity index (χ4n) is 2.45. The first-order chi connectivity index (χ1) is 10.0. The molecule has 0 saturated carbocycles. The summed E-state index contributed by atoms with van der Waals surface area (Å²) in [5.74, 6) is 0.223. The molecule has 21 heavy (non-hydrogen) atoms. The number of rotatable bonds is 3. The lowest BCUT2D eigenvalue weighted by atomic mass is 10.1.